The van der Waals surface area contributed by atoms with Crippen LogP contribution in [0.3, 0.4) is 0 Å². The minimum atomic E-state index is -2.13. The maximum Gasteiger partial charge on any atom is 0.308 e. The summed E-state index contributed by atoms with van der Waals surface area (Å²) in [5.41, 5.74) is -0.625. The lowest BCUT2D eigenvalue weighted by atomic mass is 9.88. The first-order valence-corrected chi connectivity index (χ1v) is 33.6. The number of rotatable bonds is 28. The Morgan fingerprint density at radius 2 is 1.45 bits per heavy atom. The lowest BCUT2D eigenvalue weighted by Gasteiger charge is -2.40. The van der Waals surface area contributed by atoms with Crippen LogP contribution in [-0.4, -0.2) is 97.6 Å². The van der Waals surface area contributed by atoms with E-state index in [-0.39, 0.29) is 42.7 Å². The number of hydrogen-bond acceptors (Lipinski definition) is 10. The van der Waals surface area contributed by atoms with Crippen molar-refractivity contribution in [2.75, 3.05) is 6.61 Å². The van der Waals surface area contributed by atoms with Gasteiger partial charge in [-0.1, -0.05) is 107 Å². The lowest BCUT2D eigenvalue weighted by Crippen LogP contribution is -2.48. The van der Waals surface area contributed by atoms with Crippen molar-refractivity contribution in [1.82, 2.24) is 0 Å². The molecule has 0 spiro atoms. The van der Waals surface area contributed by atoms with Gasteiger partial charge in [0.2, 0.25) is 0 Å². The van der Waals surface area contributed by atoms with E-state index >= 15 is 0 Å². The number of allylic oxidation sites excluding steroid dienone is 2. The lowest BCUT2D eigenvalue weighted by molar-refractivity contribution is -0.227. The minimum absolute atomic E-state index is 0.0828. The smallest absolute Gasteiger partial charge is 0.308 e. The molecule has 65 heavy (non-hydrogen) atoms. The van der Waals surface area contributed by atoms with Crippen LogP contribution in [0.5, 0.6) is 0 Å². The van der Waals surface area contributed by atoms with E-state index < -0.39 is 60.6 Å². The predicted octanol–water partition coefficient (Wildman–Crippen LogP) is 13.6. The van der Waals surface area contributed by atoms with Crippen molar-refractivity contribution < 1.29 is 46.6 Å². The number of epoxide rings is 1. The third-order valence-electron chi connectivity index (χ3n) is 15.5. The molecule has 0 aromatic carbocycles. The quantitative estimate of drug-likeness (QED) is 0.0188. The first-order chi connectivity index (χ1) is 30.6. The molecule has 2 heterocycles. The summed E-state index contributed by atoms with van der Waals surface area (Å²) in [6, 6.07) is 9.40. The molecule has 11 atom stereocenters. The normalized spacial score (nSPS) is 28.1. The van der Waals surface area contributed by atoms with Crippen molar-refractivity contribution in [3.8, 4) is 0 Å². The van der Waals surface area contributed by atoms with Gasteiger partial charge in [-0.3, -0.25) is 9.59 Å². The standard InChI is InChI=1S/C52H98O10Si3/c1-19-45(61-64(24-6,25-7)26-8)41(14)50-46(57-50)38-51(17,62-65(27-9,28-10)29-11)35-30-31-39(12)49-40(13)32-33-47(56-42(15)53)52(18,59-43(16)55-20-2)36-34-44(37-48(54)58-49)60-63(21-3,22-4)23-5/h30-33,35,40-41,43-47,49-50H,19-29,34,36-38H2,1-18H3/b33-32-,35-30+,39-31+/t40-,41+,43+,44+,45-,46+,47-,49+,50+,51-,52+/m0/s1. The van der Waals surface area contributed by atoms with Gasteiger partial charge in [-0.05, 0) is 120 Å². The van der Waals surface area contributed by atoms with Crippen molar-refractivity contribution in [1.29, 1.82) is 0 Å². The minimum Gasteiger partial charge on any atom is -0.457 e. The Kier molecular flexibility index (Phi) is 25.4. The molecule has 0 unspecified atom stereocenters. The third-order valence-corrected chi connectivity index (χ3v) is 29.6. The molecule has 0 aromatic rings. The van der Waals surface area contributed by atoms with Crippen LogP contribution in [0.4, 0.5) is 0 Å². The third kappa shape index (κ3) is 17.5. The summed E-state index contributed by atoms with van der Waals surface area (Å²) in [5, 5.41) is 0. The van der Waals surface area contributed by atoms with Crippen LogP contribution in [0.2, 0.25) is 54.4 Å². The van der Waals surface area contributed by atoms with E-state index in [0.29, 0.717) is 25.4 Å². The Morgan fingerprint density at radius 3 is 1.95 bits per heavy atom. The van der Waals surface area contributed by atoms with Crippen LogP contribution in [0, 0.1) is 11.8 Å². The van der Waals surface area contributed by atoms with Gasteiger partial charge in [0.1, 0.15) is 17.8 Å². The molecule has 2 aliphatic rings. The highest BCUT2D eigenvalue weighted by atomic mass is 28.4. The van der Waals surface area contributed by atoms with Crippen molar-refractivity contribution >= 4 is 36.9 Å². The molecule has 0 bridgehead atoms. The van der Waals surface area contributed by atoms with Crippen LogP contribution >= 0.6 is 0 Å². The van der Waals surface area contributed by atoms with Gasteiger partial charge in [0.25, 0.3) is 0 Å². The van der Waals surface area contributed by atoms with Gasteiger partial charge in [0.05, 0.1) is 30.3 Å². The van der Waals surface area contributed by atoms with Crippen molar-refractivity contribution in [2.24, 2.45) is 11.8 Å². The van der Waals surface area contributed by atoms with Crippen LogP contribution in [-0.2, 0) is 46.6 Å². The molecule has 0 radical (unpaired) electrons. The highest BCUT2D eigenvalue weighted by Gasteiger charge is 2.51. The second-order valence-corrected chi connectivity index (χ2v) is 33.9. The van der Waals surface area contributed by atoms with Gasteiger partial charge in [-0.2, -0.15) is 0 Å². The van der Waals surface area contributed by atoms with Crippen LogP contribution in [0.15, 0.2) is 36.0 Å². The Bertz CT molecular complexity index is 1480. The summed E-state index contributed by atoms with van der Waals surface area (Å²) < 4.78 is 53.0. The number of carbonyl (C=O) groups excluding carboxylic acids is 2. The van der Waals surface area contributed by atoms with Gasteiger partial charge in [0, 0.05) is 37.9 Å². The van der Waals surface area contributed by atoms with Crippen molar-refractivity contribution in [2.45, 2.75) is 265 Å². The number of ether oxygens (including phenoxy) is 5. The fourth-order valence-corrected chi connectivity index (χ4v) is 19.2. The molecule has 10 nitrogen and oxygen atoms in total. The summed E-state index contributed by atoms with van der Waals surface area (Å²) in [6.07, 6.45) is 11.3. The molecular weight excluding hydrogens is 869 g/mol. The summed E-state index contributed by atoms with van der Waals surface area (Å²) in [7, 11) is -5.95. The van der Waals surface area contributed by atoms with Gasteiger partial charge < -0.3 is 37.0 Å². The molecular formula is C52H98O10Si3. The van der Waals surface area contributed by atoms with Crippen LogP contribution < -0.4 is 0 Å². The molecule has 2 rings (SSSR count). The van der Waals surface area contributed by atoms with Crippen molar-refractivity contribution in [3.63, 3.8) is 0 Å². The summed E-state index contributed by atoms with van der Waals surface area (Å²) >= 11 is 0. The van der Waals surface area contributed by atoms with E-state index in [1.54, 1.807) is 0 Å². The molecule has 0 amide bonds. The zero-order valence-corrected chi connectivity index (χ0v) is 47.8. The highest BCUT2D eigenvalue weighted by Crippen LogP contribution is 2.43. The van der Waals surface area contributed by atoms with Gasteiger partial charge in [-0.25, -0.2) is 0 Å². The maximum atomic E-state index is 14.1. The van der Waals surface area contributed by atoms with E-state index in [2.05, 4.69) is 101 Å². The van der Waals surface area contributed by atoms with E-state index in [0.717, 1.165) is 72.8 Å². The fraction of sp³-hybridized carbons (Fsp3) is 0.846. The molecule has 0 aromatic heterocycles. The molecule has 0 saturated carbocycles. The van der Waals surface area contributed by atoms with E-state index in [1.807, 2.05) is 46.8 Å². The van der Waals surface area contributed by atoms with Crippen LogP contribution in [0.25, 0.3) is 0 Å². The topological polar surface area (TPSA) is 111 Å². The largest absolute Gasteiger partial charge is 0.457 e. The fourth-order valence-electron chi connectivity index (χ4n) is 10.2. The van der Waals surface area contributed by atoms with Crippen LogP contribution in [0.1, 0.15) is 157 Å². The Balaban J connectivity index is 2.62. The second-order valence-electron chi connectivity index (χ2n) is 19.8. The maximum absolute atomic E-state index is 14.1. The molecule has 0 N–H and O–H groups in total. The van der Waals surface area contributed by atoms with Gasteiger partial charge in [0.15, 0.2) is 31.2 Å². The highest BCUT2D eigenvalue weighted by molar-refractivity contribution is 6.74. The second kappa shape index (κ2) is 27.7. The van der Waals surface area contributed by atoms with E-state index in [1.165, 1.54) is 6.92 Å². The first-order valence-electron chi connectivity index (χ1n) is 26.1. The number of cyclic esters (lactones) is 1. The van der Waals surface area contributed by atoms with E-state index in [4.69, 9.17) is 37.0 Å². The Labute approximate surface area is 401 Å². The summed E-state index contributed by atoms with van der Waals surface area (Å²) in [5.74, 6) is -0.667. The number of esters is 2. The zero-order valence-electron chi connectivity index (χ0n) is 44.8. The average molecular weight is 968 g/mol. The Morgan fingerprint density at radius 1 is 0.877 bits per heavy atom. The SMILES string of the molecule is CCO[C@@H](C)O[C@]1(C)CC[C@@H](O[Si](CC)(CC)CC)CC(=O)O[C@H](/C(C)=C/C=C/[C@@](C)(C[C@H]2O[C@@H]2[C@H](C)[C@H](CC)O[Si](CC)(CC)CC)O[Si](CC)(CC)CC)[C@@H](C)/C=C\[C@@H]1OC(C)=O. The zero-order chi connectivity index (χ0) is 49.2. The van der Waals surface area contributed by atoms with Crippen molar-refractivity contribution in [3.05, 3.63) is 36.0 Å². The molecule has 1 fully saturated rings. The number of hydrogen-bond donors (Lipinski definition) is 0. The molecule has 1 saturated heterocycles. The van der Waals surface area contributed by atoms with E-state index in [9.17, 15) is 9.59 Å². The molecule has 13 heteroatoms. The molecule has 2 aliphatic heterocycles. The summed E-state index contributed by atoms with van der Waals surface area (Å²) in [6.45, 7) is 38.8. The first kappa shape index (κ1) is 59.7. The molecule has 0 aliphatic carbocycles. The number of carbonyl (C=O) groups is 2. The monoisotopic (exact) mass is 967 g/mol. The summed E-state index contributed by atoms with van der Waals surface area (Å²) in [4.78, 5) is 26.8. The van der Waals surface area contributed by atoms with Gasteiger partial charge in [-0.15, -0.1) is 0 Å². The molecule has 378 valence electrons. The Hall–Kier alpha value is -1.43. The average Bonchev–Trinajstić information content (AvgIpc) is 4.05. The van der Waals surface area contributed by atoms with Gasteiger partial charge >= 0.3 is 11.9 Å². The predicted molar refractivity (Wildman–Crippen MR) is 275 cm³/mol.